The molecule has 0 bridgehead atoms. The lowest BCUT2D eigenvalue weighted by atomic mass is 9.82. The minimum absolute atomic E-state index is 0.326. The maximum atomic E-state index is 6.36. The topological polar surface area (TPSA) is 21.3 Å². The second-order valence-electron chi connectivity index (χ2n) is 6.55. The van der Waals surface area contributed by atoms with Gasteiger partial charge in [0.05, 0.1) is 6.10 Å². The number of hydrogen-bond acceptors (Lipinski definition) is 2. The highest BCUT2D eigenvalue weighted by atomic mass is 35.5. The molecule has 1 saturated carbocycles. The van der Waals surface area contributed by atoms with Crippen molar-refractivity contribution >= 4 is 11.6 Å². The SMILES string of the molecule is CCCNCc1c(Cl)cccc1OC1CC(C)CC(C)C1. The zero-order chi connectivity index (χ0) is 15.2. The van der Waals surface area contributed by atoms with Crippen LogP contribution in [0.15, 0.2) is 18.2 Å². The lowest BCUT2D eigenvalue weighted by molar-refractivity contribution is 0.1000. The summed E-state index contributed by atoms with van der Waals surface area (Å²) in [4.78, 5) is 0. The van der Waals surface area contributed by atoms with E-state index in [1.165, 1.54) is 6.42 Å². The minimum Gasteiger partial charge on any atom is -0.490 e. The average Bonchev–Trinajstić information content (AvgIpc) is 2.41. The highest BCUT2D eigenvalue weighted by molar-refractivity contribution is 6.31. The van der Waals surface area contributed by atoms with Crippen molar-refractivity contribution < 1.29 is 4.74 Å². The van der Waals surface area contributed by atoms with Crippen LogP contribution in [-0.2, 0) is 6.54 Å². The third-order valence-electron chi connectivity index (χ3n) is 4.23. The van der Waals surface area contributed by atoms with Gasteiger partial charge in [-0.3, -0.25) is 0 Å². The standard InChI is InChI=1S/C18H28ClNO/c1-4-8-20-12-16-17(19)6-5-7-18(16)21-15-10-13(2)9-14(3)11-15/h5-7,13-15,20H,4,8-12H2,1-3H3. The van der Waals surface area contributed by atoms with E-state index in [1.54, 1.807) is 0 Å². The van der Waals surface area contributed by atoms with E-state index in [1.807, 2.05) is 12.1 Å². The first kappa shape index (κ1) is 16.6. The van der Waals surface area contributed by atoms with Gasteiger partial charge in [0.25, 0.3) is 0 Å². The van der Waals surface area contributed by atoms with E-state index in [9.17, 15) is 0 Å². The van der Waals surface area contributed by atoms with Crippen molar-refractivity contribution in [3.05, 3.63) is 28.8 Å². The van der Waals surface area contributed by atoms with Crippen LogP contribution in [0.2, 0.25) is 5.02 Å². The molecule has 2 rings (SSSR count). The Hall–Kier alpha value is -0.730. The largest absolute Gasteiger partial charge is 0.490 e. The van der Waals surface area contributed by atoms with Gasteiger partial charge < -0.3 is 10.1 Å². The van der Waals surface area contributed by atoms with Crippen LogP contribution < -0.4 is 10.1 Å². The van der Waals surface area contributed by atoms with E-state index in [0.29, 0.717) is 6.10 Å². The van der Waals surface area contributed by atoms with E-state index in [-0.39, 0.29) is 0 Å². The van der Waals surface area contributed by atoms with Gasteiger partial charge in [0.2, 0.25) is 0 Å². The van der Waals surface area contributed by atoms with E-state index in [2.05, 4.69) is 32.2 Å². The average molecular weight is 310 g/mol. The van der Waals surface area contributed by atoms with Gasteiger partial charge in [-0.2, -0.15) is 0 Å². The number of nitrogens with one attached hydrogen (secondary N) is 1. The van der Waals surface area contributed by atoms with Crippen LogP contribution in [0.3, 0.4) is 0 Å². The second kappa shape index (κ2) is 8.05. The molecule has 0 radical (unpaired) electrons. The molecular formula is C18H28ClNO. The maximum Gasteiger partial charge on any atom is 0.125 e. The first-order chi connectivity index (χ1) is 10.1. The summed E-state index contributed by atoms with van der Waals surface area (Å²) < 4.78 is 6.31. The molecule has 0 aliphatic heterocycles. The number of benzene rings is 1. The van der Waals surface area contributed by atoms with Gasteiger partial charge in [-0.05, 0) is 56.2 Å². The van der Waals surface area contributed by atoms with Crippen molar-refractivity contribution in [3.63, 3.8) is 0 Å². The van der Waals surface area contributed by atoms with Crippen molar-refractivity contribution in [2.75, 3.05) is 6.54 Å². The predicted molar refractivity (Wildman–Crippen MR) is 90.0 cm³/mol. The Morgan fingerprint density at radius 1 is 1.19 bits per heavy atom. The number of ether oxygens (including phenoxy) is 1. The molecule has 2 unspecified atom stereocenters. The Morgan fingerprint density at radius 2 is 1.90 bits per heavy atom. The van der Waals surface area contributed by atoms with Gasteiger partial charge in [-0.1, -0.05) is 38.4 Å². The molecule has 2 atom stereocenters. The predicted octanol–water partition coefficient (Wildman–Crippen LogP) is 5.04. The van der Waals surface area contributed by atoms with Crippen LogP contribution in [0.5, 0.6) is 5.75 Å². The van der Waals surface area contributed by atoms with Gasteiger partial charge >= 0.3 is 0 Å². The van der Waals surface area contributed by atoms with Crippen LogP contribution in [0.4, 0.5) is 0 Å². The van der Waals surface area contributed by atoms with Gasteiger partial charge in [0.15, 0.2) is 0 Å². The summed E-state index contributed by atoms with van der Waals surface area (Å²) >= 11 is 6.36. The summed E-state index contributed by atoms with van der Waals surface area (Å²) in [6.45, 7) is 8.60. The zero-order valence-corrected chi connectivity index (χ0v) is 14.2. The zero-order valence-electron chi connectivity index (χ0n) is 13.5. The molecule has 1 aliphatic carbocycles. The fourth-order valence-corrected chi connectivity index (χ4v) is 3.59. The maximum absolute atomic E-state index is 6.36. The van der Waals surface area contributed by atoms with Gasteiger partial charge in [0, 0.05) is 17.1 Å². The Labute approximate surface area is 134 Å². The van der Waals surface area contributed by atoms with Gasteiger partial charge in [-0.25, -0.2) is 0 Å². The fourth-order valence-electron chi connectivity index (χ4n) is 3.36. The van der Waals surface area contributed by atoms with Crippen LogP contribution >= 0.6 is 11.6 Å². The molecular weight excluding hydrogens is 282 g/mol. The van der Waals surface area contributed by atoms with E-state index >= 15 is 0 Å². The molecule has 1 N–H and O–H groups in total. The quantitative estimate of drug-likeness (QED) is 0.743. The Kier molecular flexibility index (Phi) is 6.38. The van der Waals surface area contributed by atoms with Crippen molar-refractivity contribution in [3.8, 4) is 5.75 Å². The third kappa shape index (κ3) is 4.89. The van der Waals surface area contributed by atoms with Crippen molar-refractivity contribution in [1.82, 2.24) is 5.32 Å². The second-order valence-corrected chi connectivity index (χ2v) is 6.96. The van der Waals surface area contributed by atoms with E-state index in [0.717, 1.165) is 60.5 Å². The van der Waals surface area contributed by atoms with Crippen molar-refractivity contribution in [1.29, 1.82) is 0 Å². The fraction of sp³-hybridized carbons (Fsp3) is 0.667. The summed E-state index contributed by atoms with van der Waals surface area (Å²) in [6, 6.07) is 5.99. The molecule has 1 aromatic carbocycles. The molecule has 1 fully saturated rings. The monoisotopic (exact) mass is 309 g/mol. The highest BCUT2D eigenvalue weighted by Gasteiger charge is 2.26. The Balaban J connectivity index is 2.06. The molecule has 1 aliphatic rings. The first-order valence-electron chi connectivity index (χ1n) is 8.24. The molecule has 0 amide bonds. The molecule has 21 heavy (non-hydrogen) atoms. The van der Waals surface area contributed by atoms with E-state index in [4.69, 9.17) is 16.3 Å². The Bertz CT molecular complexity index is 439. The molecule has 0 saturated heterocycles. The summed E-state index contributed by atoms with van der Waals surface area (Å²) in [7, 11) is 0. The smallest absolute Gasteiger partial charge is 0.125 e. The first-order valence-corrected chi connectivity index (χ1v) is 8.62. The van der Waals surface area contributed by atoms with Gasteiger partial charge in [-0.15, -0.1) is 0 Å². The molecule has 0 aromatic heterocycles. The lowest BCUT2D eigenvalue weighted by Crippen LogP contribution is -2.29. The van der Waals surface area contributed by atoms with Crippen LogP contribution in [-0.4, -0.2) is 12.6 Å². The van der Waals surface area contributed by atoms with Gasteiger partial charge in [0.1, 0.15) is 5.75 Å². The molecule has 3 heteroatoms. The number of rotatable bonds is 6. The molecule has 0 heterocycles. The van der Waals surface area contributed by atoms with Crippen molar-refractivity contribution in [2.24, 2.45) is 11.8 Å². The molecule has 0 spiro atoms. The lowest BCUT2D eigenvalue weighted by Gasteiger charge is -2.32. The summed E-state index contributed by atoms with van der Waals surface area (Å²) in [5.74, 6) is 2.46. The summed E-state index contributed by atoms with van der Waals surface area (Å²) in [6.07, 6.45) is 5.07. The van der Waals surface area contributed by atoms with Crippen molar-refractivity contribution in [2.45, 2.75) is 59.1 Å². The third-order valence-corrected chi connectivity index (χ3v) is 4.59. The van der Waals surface area contributed by atoms with Crippen LogP contribution in [0.25, 0.3) is 0 Å². The normalized spacial score (nSPS) is 25.8. The van der Waals surface area contributed by atoms with E-state index < -0.39 is 0 Å². The van der Waals surface area contributed by atoms with Crippen LogP contribution in [0, 0.1) is 11.8 Å². The minimum atomic E-state index is 0.326. The summed E-state index contributed by atoms with van der Waals surface area (Å²) in [5.41, 5.74) is 1.10. The Morgan fingerprint density at radius 3 is 2.57 bits per heavy atom. The molecule has 2 nitrogen and oxygen atoms in total. The number of hydrogen-bond donors (Lipinski definition) is 1. The molecule has 1 aromatic rings. The summed E-state index contributed by atoms with van der Waals surface area (Å²) in [5, 5.41) is 4.22. The van der Waals surface area contributed by atoms with Crippen LogP contribution in [0.1, 0.15) is 52.0 Å². The number of halogens is 1. The molecule has 118 valence electrons. The highest BCUT2D eigenvalue weighted by Crippen LogP contribution is 2.34.